The fourth-order valence-corrected chi connectivity index (χ4v) is 2.02. The van der Waals surface area contributed by atoms with E-state index in [-0.39, 0.29) is 6.61 Å². The summed E-state index contributed by atoms with van der Waals surface area (Å²) in [7, 11) is 0. The van der Waals surface area contributed by atoms with Gasteiger partial charge in [0.05, 0.1) is 5.56 Å². The zero-order chi connectivity index (χ0) is 13.1. The molecule has 1 aromatic carbocycles. The number of hydrogen-bond acceptors (Lipinski definition) is 4. The molecule has 2 aromatic heterocycles. The monoisotopic (exact) mass is 254 g/mol. The van der Waals surface area contributed by atoms with E-state index in [1.54, 1.807) is 12.4 Å². The summed E-state index contributed by atoms with van der Waals surface area (Å²) in [5.41, 5.74) is 3.64. The molecule has 0 radical (unpaired) electrons. The molecular weight excluding hydrogens is 240 g/mol. The standard InChI is InChI=1S/C15H14N2O2/c18-8-2-3-11-5-6-14-13(9-11)17-15(19-14)12-4-1-7-16-10-12/h1,4-7,9-10,18H,2-3,8H2. The number of aromatic nitrogens is 2. The lowest BCUT2D eigenvalue weighted by molar-refractivity contribution is 0.288. The van der Waals surface area contributed by atoms with Crippen molar-refractivity contribution in [2.75, 3.05) is 6.61 Å². The first-order valence-corrected chi connectivity index (χ1v) is 6.27. The van der Waals surface area contributed by atoms with E-state index < -0.39 is 0 Å². The SMILES string of the molecule is OCCCc1ccc2oc(-c3cccnc3)nc2c1. The van der Waals surface area contributed by atoms with Gasteiger partial charge in [-0.15, -0.1) is 0 Å². The molecule has 4 heteroatoms. The maximum atomic E-state index is 8.85. The number of rotatable bonds is 4. The highest BCUT2D eigenvalue weighted by molar-refractivity contribution is 5.76. The minimum Gasteiger partial charge on any atom is -0.436 e. The molecule has 2 heterocycles. The fraction of sp³-hybridized carbons (Fsp3) is 0.200. The molecule has 0 unspecified atom stereocenters. The Bertz CT molecular complexity index is 677. The lowest BCUT2D eigenvalue weighted by Crippen LogP contribution is -1.88. The third-order valence-corrected chi connectivity index (χ3v) is 2.98. The predicted octanol–water partition coefficient (Wildman–Crippen LogP) is 2.81. The van der Waals surface area contributed by atoms with Crippen molar-refractivity contribution in [1.82, 2.24) is 9.97 Å². The minimum absolute atomic E-state index is 0.206. The third kappa shape index (κ3) is 2.48. The molecule has 0 spiro atoms. The molecule has 0 saturated heterocycles. The molecule has 0 bridgehead atoms. The van der Waals surface area contributed by atoms with Crippen molar-refractivity contribution in [2.24, 2.45) is 0 Å². The van der Waals surface area contributed by atoms with Crippen LogP contribution in [0.5, 0.6) is 0 Å². The van der Waals surface area contributed by atoms with E-state index in [1.165, 1.54) is 0 Å². The summed E-state index contributed by atoms with van der Waals surface area (Å²) in [6.07, 6.45) is 5.07. The number of aryl methyl sites for hydroxylation is 1. The van der Waals surface area contributed by atoms with E-state index in [0.29, 0.717) is 5.89 Å². The zero-order valence-electron chi connectivity index (χ0n) is 10.4. The molecule has 3 aromatic rings. The van der Waals surface area contributed by atoms with Crippen molar-refractivity contribution in [3.05, 3.63) is 48.3 Å². The Morgan fingerprint density at radius 3 is 2.95 bits per heavy atom. The average Bonchev–Trinajstić information content (AvgIpc) is 2.89. The molecule has 0 aliphatic carbocycles. The largest absolute Gasteiger partial charge is 0.436 e. The number of aliphatic hydroxyl groups excluding tert-OH is 1. The van der Waals surface area contributed by atoms with Gasteiger partial charge in [-0.1, -0.05) is 6.07 Å². The van der Waals surface area contributed by atoms with Crippen molar-refractivity contribution in [3.8, 4) is 11.5 Å². The van der Waals surface area contributed by atoms with Crippen molar-refractivity contribution in [2.45, 2.75) is 12.8 Å². The molecule has 0 amide bonds. The lowest BCUT2D eigenvalue weighted by Gasteiger charge is -1.97. The summed E-state index contributed by atoms with van der Waals surface area (Å²) in [4.78, 5) is 8.54. The van der Waals surface area contributed by atoms with Gasteiger partial charge in [-0.3, -0.25) is 4.98 Å². The maximum absolute atomic E-state index is 8.85. The highest BCUT2D eigenvalue weighted by Crippen LogP contribution is 2.24. The van der Waals surface area contributed by atoms with Gasteiger partial charge in [-0.05, 0) is 42.7 Å². The Hall–Kier alpha value is -2.20. The number of nitrogens with zero attached hydrogens (tertiary/aromatic N) is 2. The van der Waals surface area contributed by atoms with Crippen LogP contribution in [-0.4, -0.2) is 21.7 Å². The van der Waals surface area contributed by atoms with Crippen LogP contribution in [0.1, 0.15) is 12.0 Å². The van der Waals surface area contributed by atoms with E-state index in [0.717, 1.165) is 35.1 Å². The van der Waals surface area contributed by atoms with Crippen LogP contribution in [0.2, 0.25) is 0 Å². The highest BCUT2D eigenvalue weighted by Gasteiger charge is 2.08. The van der Waals surface area contributed by atoms with Gasteiger partial charge >= 0.3 is 0 Å². The molecule has 0 fully saturated rings. The summed E-state index contributed by atoms with van der Waals surface area (Å²) in [5, 5.41) is 8.85. The highest BCUT2D eigenvalue weighted by atomic mass is 16.3. The van der Waals surface area contributed by atoms with E-state index in [9.17, 15) is 0 Å². The van der Waals surface area contributed by atoms with Crippen LogP contribution in [0.25, 0.3) is 22.6 Å². The van der Waals surface area contributed by atoms with Gasteiger partial charge in [0.25, 0.3) is 0 Å². The van der Waals surface area contributed by atoms with Gasteiger partial charge in [0.1, 0.15) is 5.52 Å². The summed E-state index contributed by atoms with van der Waals surface area (Å²) in [5.74, 6) is 0.586. The third-order valence-electron chi connectivity index (χ3n) is 2.98. The molecule has 3 rings (SSSR count). The first kappa shape index (κ1) is 11.9. The summed E-state index contributed by atoms with van der Waals surface area (Å²) in [6, 6.07) is 9.72. The molecular formula is C15H14N2O2. The van der Waals surface area contributed by atoms with Crippen molar-refractivity contribution < 1.29 is 9.52 Å². The van der Waals surface area contributed by atoms with E-state index >= 15 is 0 Å². The van der Waals surface area contributed by atoms with Gasteiger partial charge in [-0.2, -0.15) is 0 Å². The van der Waals surface area contributed by atoms with Gasteiger partial charge in [0, 0.05) is 19.0 Å². The van der Waals surface area contributed by atoms with Crippen LogP contribution in [0.4, 0.5) is 0 Å². The fourth-order valence-electron chi connectivity index (χ4n) is 2.02. The Morgan fingerprint density at radius 2 is 2.16 bits per heavy atom. The smallest absolute Gasteiger partial charge is 0.228 e. The Balaban J connectivity index is 1.97. The van der Waals surface area contributed by atoms with Gasteiger partial charge in [-0.25, -0.2) is 4.98 Å². The topological polar surface area (TPSA) is 59.2 Å². The maximum Gasteiger partial charge on any atom is 0.228 e. The van der Waals surface area contributed by atoms with E-state index in [4.69, 9.17) is 9.52 Å². The zero-order valence-corrected chi connectivity index (χ0v) is 10.4. The summed E-state index contributed by atoms with van der Waals surface area (Å²) >= 11 is 0. The number of aliphatic hydroxyl groups is 1. The summed E-state index contributed by atoms with van der Waals surface area (Å²) < 4.78 is 5.71. The Kier molecular flexibility index (Phi) is 3.25. The summed E-state index contributed by atoms with van der Waals surface area (Å²) in [6.45, 7) is 0.206. The normalized spacial score (nSPS) is 11.0. The van der Waals surface area contributed by atoms with Crippen LogP contribution in [-0.2, 0) is 6.42 Å². The molecule has 0 aliphatic rings. The molecule has 1 N–H and O–H groups in total. The van der Waals surface area contributed by atoms with Gasteiger partial charge in [0.15, 0.2) is 5.58 Å². The first-order valence-electron chi connectivity index (χ1n) is 6.27. The molecule has 19 heavy (non-hydrogen) atoms. The van der Waals surface area contributed by atoms with Crippen LogP contribution >= 0.6 is 0 Å². The Morgan fingerprint density at radius 1 is 1.21 bits per heavy atom. The Labute approximate surface area is 110 Å². The van der Waals surface area contributed by atoms with Gasteiger partial charge in [0.2, 0.25) is 5.89 Å². The molecule has 4 nitrogen and oxygen atoms in total. The van der Waals surface area contributed by atoms with Crippen LogP contribution in [0, 0.1) is 0 Å². The second-order valence-electron chi connectivity index (χ2n) is 4.39. The second-order valence-corrected chi connectivity index (χ2v) is 4.39. The first-order chi connectivity index (χ1) is 9.36. The van der Waals surface area contributed by atoms with Gasteiger partial charge < -0.3 is 9.52 Å². The number of pyridine rings is 1. The van der Waals surface area contributed by atoms with E-state index in [2.05, 4.69) is 9.97 Å². The van der Waals surface area contributed by atoms with Crippen LogP contribution < -0.4 is 0 Å². The molecule has 0 saturated carbocycles. The lowest BCUT2D eigenvalue weighted by atomic mass is 10.1. The van der Waals surface area contributed by atoms with Crippen molar-refractivity contribution in [3.63, 3.8) is 0 Å². The average molecular weight is 254 g/mol. The second kappa shape index (κ2) is 5.20. The predicted molar refractivity (Wildman–Crippen MR) is 72.6 cm³/mol. The minimum atomic E-state index is 0.206. The van der Waals surface area contributed by atoms with Crippen LogP contribution in [0.3, 0.4) is 0 Å². The van der Waals surface area contributed by atoms with Crippen molar-refractivity contribution in [1.29, 1.82) is 0 Å². The quantitative estimate of drug-likeness (QED) is 0.777. The van der Waals surface area contributed by atoms with Crippen molar-refractivity contribution >= 4 is 11.1 Å². The molecule has 96 valence electrons. The number of hydrogen-bond donors (Lipinski definition) is 1. The number of oxazole rings is 1. The number of fused-ring (bicyclic) bond motifs is 1. The van der Waals surface area contributed by atoms with Crippen LogP contribution in [0.15, 0.2) is 47.1 Å². The molecule has 0 aliphatic heterocycles. The van der Waals surface area contributed by atoms with E-state index in [1.807, 2.05) is 30.3 Å². The molecule has 0 atom stereocenters. The number of benzene rings is 1.